The molecular weight excluding hydrogens is 526 g/mol. The molecule has 4 aromatic heterocycles. The van der Waals surface area contributed by atoms with Crippen LogP contribution in [-0.4, -0.2) is 39.4 Å². The summed E-state index contributed by atoms with van der Waals surface area (Å²) >= 11 is 0. The van der Waals surface area contributed by atoms with Crippen LogP contribution in [0.3, 0.4) is 0 Å². The first-order valence-corrected chi connectivity index (χ1v) is 13.2. The van der Waals surface area contributed by atoms with Crippen LogP contribution in [0.4, 0.5) is 17.6 Å². The molecule has 0 aliphatic rings. The smallest absolute Gasteiger partial charge is 0.346 e. The first-order valence-electron chi connectivity index (χ1n) is 11.6. The van der Waals surface area contributed by atoms with Crippen LogP contribution in [0.2, 0.25) is 0 Å². The number of pyridine rings is 3. The molecule has 0 aliphatic carbocycles. The van der Waals surface area contributed by atoms with Crippen molar-refractivity contribution < 1.29 is 30.8 Å². The lowest BCUT2D eigenvalue weighted by molar-refractivity contribution is -0.139. The Balaban J connectivity index is 1.58. The largest absolute Gasteiger partial charge is 0.418 e. The molecule has 8 nitrogen and oxygen atoms in total. The number of aryl methyl sites for hydroxylation is 1. The highest BCUT2D eigenvalue weighted by molar-refractivity contribution is 7.91. The van der Waals surface area contributed by atoms with Crippen LogP contribution in [0.15, 0.2) is 59.9 Å². The Hall–Kier alpha value is -3.87. The topological polar surface area (TPSA) is 106 Å². The summed E-state index contributed by atoms with van der Waals surface area (Å²) in [5.41, 5.74) is -1.01. The highest BCUT2D eigenvalue weighted by Gasteiger charge is 2.38. The molecule has 38 heavy (non-hydrogen) atoms. The summed E-state index contributed by atoms with van der Waals surface area (Å²) in [5.74, 6) is -0.556. The molecule has 0 bridgehead atoms. The van der Waals surface area contributed by atoms with Crippen molar-refractivity contribution in [2.24, 2.45) is 0 Å². The van der Waals surface area contributed by atoms with Gasteiger partial charge in [-0.05, 0) is 42.8 Å². The summed E-state index contributed by atoms with van der Waals surface area (Å²) < 4.78 is 81.1. The van der Waals surface area contributed by atoms with Crippen molar-refractivity contribution in [1.29, 1.82) is 0 Å². The van der Waals surface area contributed by atoms with E-state index in [-0.39, 0.29) is 40.5 Å². The minimum Gasteiger partial charge on any atom is -0.346 e. The Morgan fingerprint density at radius 1 is 1.11 bits per heavy atom. The molecule has 1 atom stereocenters. The average Bonchev–Trinajstić information content (AvgIpc) is 3.29. The molecule has 200 valence electrons. The number of nitrogens with zero attached hydrogens (tertiary/aromatic N) is 4. The van der Waals surface area contributed by atoms with Crippen LogP contribution in [0, 0.1) is 0 Å². The standard InChI is InChI=1S/C25H23F4N5O3S/c1-3-19-23(21(26)22-18(25(27,28)29)6-5-10-30-22)33-20-12-15(9-11-34(19)20)24(35)32-13-16-7-8-17(14-31-16)38(36,37)4-2/h5-12,14,21H,3-4,13H2,1-2H3,(H,32,35). The van der Waals surface area contributed by atoms with Gasteiger partial charge in [0, 0.05) is 29.8 Å². The number of hydrogen-bond donors (Lipinski definition) is 1. The number of amides is 1. The van der Waals surface area contributed by atoms with Gasteiger partial charge in [-0.1, -0.05) is 13.8 Å². The average molecular weight is 550 g/mol. The lowest BCUT2D eigenvalue weighted by atomic mass is 10.1. The number of carbonyl (C=O) groups is 1. The predicted octanol–water partition coefficient (Wildman–Crippen LogP) is 4.49. The third-order valence-corrected chi connectivity index (χ3v) is 7.66. The van der Waals surface area contributed by atoms with E-state index in [1.54, 1.807) is 6.92 Å². The van der Waals surface area contributed by atoms with Crippen LogP contribution in [-0.2, 0) is 29.0 Å². The molecule has 1 unspecified atom stereocenters. The van der Waals surface area contributed by atoms with Crippen molar-refractivity contribution in [3.05, 3.63) is 88.9 Å². The number of hydrogen-bond acceptors (Lipinski definition) is 6. The molecule has 13 heteroatoms. The van der Waals surface area contributed by atoms with Crippen LogP contribution in [0.1, 0.15) is 58.7 Å². The van der Waals surface area contributed by atoms with Gasteiger partial charge in [0.15, 0.2) is 16.0 Å². The lowest BCUT2D eigenvalue weighted by Crippen LogP contribution is -2.23. The number of aromatic nitrogens is 4. The molecule has 0 saturated heterocycles. The predicted molar refractivity (Wildman–Crippen MR) is 130 cm³/mol. The third kappa shape index (κ3) is 5.37. The number of carbonyl (C=O) groups excluding carboxylic acids is 1. The molecule has 0 fully saturated rings. The second-order valence-electron chi connectivity index (χ2n) is 8.31. The van der Waals surface area contributed by atoms with E-state index in [1.165, 1.54) is 48.0 Å². The van der Waals surface area contributed by atoms with Crippen molar-refractivity contribution in [2.45, 2.75) is 44.1 Å². The van der Waals surface area contributed by atoms with Gasteiger partial charge in [-0.2, -0.15) is 13.2 Å². The van der Waals surface area contributed by atoms with Gasteiger partial charge in [0.2, 0.25) is 0 Å². The fraction of sp³-hybridized carbons (Fsp3) is 0.280. The number of rotatable bonds is 8. The quantitative estimate of drug-likeness (QED) is 0.325. The zero-order valence-electron chi connectivity index (χ0n) is 20.3. The molecule has 4 rings (SSSR count). The third-order valence-electron chi connectivity index (χ3n) is 5.94. The van der Waals surface area contributed by atoms with Gasteiger partial charge in [0.1, 0.15) is 11.3 Å². The number of alkyl halides is 4. The van der Waals surface area contributed by atoms with E-state index in [1.807, 2.05) is 0 Å². The Morgan fingerprint density at radius 3 is 2.50 bits per heavy atom. The highest BCUT2D eigenvalue weighted by atomic mass is 32.2. The van der Waals surface area contributed by atoms with Gasteiger partial charge in [-0.3, -0.25) is 14.8 Å². The van der Waals surface area contributed by atoms with Gasteiger partial charge in [0.05, 0.1) is 34.1 Å². The Labute approximate surface area is 215 Å². The van der Waals surface area contributed by atoms with Crippen molar-refractivity contribution in [3.8, 4) is 0 Å². The molecule has 4 aromatic rings. The molecule has 1 N–H and O–H groups in total. The van der Waals surface area contributed by atoms with Crippen LogP contribution >= 0.6 is 0 Å². The molecule has 0 radical (unpaired) electrons. The first-order chi connectivity index (χ1) is 18.0. The zero-order chi connectivity index (χ0) is 27.7. The number of fused-ring (bicyclic) bond motifs is 1. The second-order valence-corrected chi connectivity index (χ2v) is 10.6. The summed E-state index contributed by atoms with van der Waals surface area (Å²) in [6, 6.07) is 7.64. The van der Waals surface area contributed by atoms with Gasteiger partial charge < -0.3 is 9.72 Å². The Morgan fingerprint density at radius 2 is 1.87 bits per heavy atom. The second kappa shape index (κ2) is 10.5. The van der Waals surface area contributed by atoms with E-state index >= 15 is 4.39 Å². The monoisotopic (exact) mass is 549 g/mol. The molecule has 0 saturated carbocycles. The molecule has 4 heterocycles. The number of imidazole rings is 1. The van der Waals surface area contributed by atoms with Gasteiger partial charge in [-0.15, -0.1) is 0 Å². The summed E-state index contributed by atoms with van der Waals surface area (Å²) in [5, 5.41) is 2.66. The van der Waals surface area contributed by atoms with E-state index in [9.17, 15) is 26.4 Å². The summed E-state index contributed by atoms with van der Waals surface area (Å²) in [4.78, 5) is 24.7. The molecule has 0 spiro atoms. The van der Waals surface area contributed by atoms with E-state index < -0.39 is 39.3 Å². The minimum absolute atomic E-state index is 0.0167. The number of nitrogens with one attached hydrogen (secondary N) is 1. The fourth-order valence-electron chi connectivity index (χ4n) is 3.94. The summed E-state index contributed by atoms with van der Waals surface area (Å²) in [6.07, 6.45) is -2.94. The van der Waals surface area contributed by atoms with E-state index in [0.717, 1.165) is 18.3 Å². The summed E-state index contributed by atoms with van der Waals surface area (Å²) in [6.45, 7) is 3.26. The maximum Gasteiger partial charge on any atom is 0.418 e. The van der Waals surface area contributed by atoms with E-state index in [2.05, 4.69) is 20.3 Å². The first kappa shape index (κ1) is 27.2. The molecule has 0 aliphatic heterocycles. The minimum atomic E-state index is -4.79. The van der Waals surface area contributed by atoms with E-state index in [0.29, 0.717) is 11.4 Å². The highest BCUT2D eigenvalue weighted by Crippen LogP contribution is 2.37. The van der Waals surface area contributed by atoms with Crippen molar-refractivity contribution >= 4 is 21.4 Å². The SMILES string of the molecule is CCc1c(C(F)c2ncccc2C(F)(F)F)nc2cc(C(=O)NCc3ccc(S(=O)(=O)CC)cn3)ccn12. The molecule has 0 aromatic carbocycles. The summed E-state index contributed by atoms with van der Waals surface area (Å²) in [7, 11) is -3.39. The van der Waals surface area contributed by atoms with Crippen LogP contribution in [0.5, 0.6) is 0 Å². The van der Waals surface area contributed by atoms with Gasteiger partial charge in [0.25, 0.3) is 5.91 Å². The van der Waals surface area contributed by atoms with Crippen LogP contribution in [0.25, 0.3) is 5.65 Å². The molecular formula is C25H23F4N5O3S. The molecule has 1 amide bonds. The van der Waals surface area contributed by atoms with Gasteiger partial charge in [-0.25, -0.2) is 17.8 Å². The van der Waals surface area contributed by atoms with E-state index in [4.69, 9.17) is 0 Å². The van der Waals surface area contributed by atoms with Crippen molar-refractivity contribution in [3.63, 3.8) is 0 Å². The zero-order valence-corrected chi connectivity index (χ0v) is 21.1. The Bertz CT molecular complexity index is 1590. The number of halogens is 4. The van der Waals surface area contributed by atoms with Gasteiger partial charge >= 0.3 is 6.18 Å². The van der Waals surface area contributed by atoms with Crippen molar-refractivity contribution in [2.75, 3.05) is 5.75 Å². The Kier molecular flexibility index (Phi) is 7.49. The fourth-order valence-corrected chi connectivity index (χ4v) is 4.76. The van der Waals surface area contributed by atoms with Crippen molar-refractivity contribution in [1.82, 2.24) is 24.7 Å². The maximum absolute atomic E-state index is 15.5. The van der Waals surface area contributed by atoms with Crippen LogP contribution < -0.4 is 5.32 Å². The maximum atomic E-state index is 15.5. The lowest BCUT2D eigenvalue weighted by Gasteiger charge is -2.14. The number of sulfone groups is 1. The normalized spacial score (nSPS) is 13.0.